The first kappa shape index (κ1) is 26.4. The van der Waals surface area contributed by atoms with E-state index in [-0.39, 0.29) is 0 Å². The van der Waals surface area contributed by atoms with Crippen molar-refractivity contribution < 1.29 is 0 Å². The van der Waals surface area contributed by atoms with Gasteiger partial charge in [0.2, 0.25) is 0 Å². The zero-order chi connectivity index (χ0) is 30.5. The van der Waals surface area contributed by atoms with Crippen LogP contribution in [0.3, 0.4) is 0 Å². The first-order valence-corrected chi connectivity index (χ1v) is 15.9. The fraction of sp³-hybridized carbons (Fsp3) is 0. The smallest absolute Gasteiger partial charge is 0.00201 e. The maximum Gasteiger partial charge on any atom is -0.00201 e. The van der Waals surface area contributed by atoms with Crippen molar-refractivity contribution in [3.63, 3.8) is 0 Å². The standard InChI is InChI=1S/C46H30/c1-2-12-31(13-3-1)36-26-27-43-44(30-36)45(38-25-23-33-15-5-7-17-35(33)29-38)41-20-10-11-21-42(41)46(43)40-19-9-8-18-39(40)37-24-22-32-14-4-6-16-34(32)28-37/h1-30H. The third kappa shape index (κ3) is 4.38. The minimum absolute atomic E-state index is 1.22. The van der Waals surface area contributed by atoms with E-state index in [0.29, 0.717) is 0 Å². The van der Waals surface area contributed by atoms with E-state index in [0.717, 1.165) is 0 Å². The summed E-state index contributed by atoms with van der Waals surface area (Å²) in [6, 6.07) is 66.7. The summed E-state index contributed by atoms with van der Waals surface area (Å²) in [5.74, 6) is 0. The van der Waals surface area contributed by atoms with Gasteiger partial charge in [0.25, 0.3) is 0 Å². The van der Waals surface area contributed by atoms with E-state index in [1.54, 1.807) is 0 Å². The largest absolute Gasteiger partial charge is 0.0622 e. The fourth-order valence-corrected chi connectivity index (χ4v) is 7.24. The second kappa shape index (κ2) is 10.9. The molecule has 0 aliphatic rings. The molecule has 0 saturated heterocycles. The van der Waals surface area contributed by atoms with Gasteiger partial charge in [-0.2, -0.15) is 0 Å². The average molecular weight is 583 g/mol. The van der Waals surface area contributed by atoms with Crippen LogP contribution in [-0.4, -0.2) is 0 Å². The Morgan fingerprint density at radius 1 is 0.217 bits per heavy atom. The molecule has 0 radical (unpaired) electrons. The van der Waals surface area contributed by atoms with Gasteiger partial charge in [-0.15, -0.1) is 0 Å². The van der Waals surface area contributed by atoms with Crippen molar-refractivity contribution >= 4 is 43.1 Å². The van der Waals surface area contributed by atoms with E-state index < -0.39 is 0 Å². The van der Waals surface area contributed by atoms with Gasteiger partial charge in [-0.1, -0.05) is 164 Å². The molecule has 0 atom stereocenters. The molecule has 214 valence electrons. The van der Waals surface area contributed by atoms with Gasteiger partial charge < -0.3 is 0 Å². The predicted molar refractivity (Wildman–Crippen MR) is 198 cm³/mol. The summed E-state index contributed by atoms with van der Waals surface area (Å²) in [6.45, 7) is 0. The molecule has 0 aromatic heterocycles. The molecular weight excluding hydrogens is 553 g/mol. The SMILES string of the molecule is c1ccc(-c2ccc3c(-c4ccccc4-c4ccc5ccccc5c4)c4ccccc4c(-c4ccc5ccccc5c4)c3c2)cc1. The Morgan fingerprint density at radius 3 is 1.43 bits per heavy atom. The Morgan fingerprint density at radius 2 is 0.717 bits per heavy atom. The van der Waals surface area contributed by atoms with Crippen LogP contribution in [0.15, 0.2) is 182 Å². The maximum absolute atomic E-state index is 2.41. The summed E-state index contributed by atoms with van der Waals surface area (Å²) >= 11 is 0. The topological polar surface area (TPSA) is 0 Å². The molecule has 0 N–H and O–H groups in total. The van der Waals surface area contributed by atoms with E-state index in [1.807, 2.05) is 0 Å². The summed E-state index contributed by atoms with van der Waals surface area (Å²) in [5.41, 5.74) is 9.95. The molecule has 0 unspecified atom stereocenters. The molecule has 9 rings (SSSR count). The molecule has 0 aliphatic carbocycles. The summed E-state index contributed by atoms with van der Waals surface area (Å²) in [5, 5.41) is 10.1. The lowest BCUT2D eigenvalue weighted by Crippen LogP contribution is -1.93. The maximum atomic E-state index is 2.41. The van der Waals surface area contributed by atoms with E-state index in [1.165, 1.54) is 87.6 Å². The molecule has 0 fully saturated rings. The molecule has 0 spiro atoms. The number of hydrogen-bond donors (Lipinski definition) is 0. The second-order valence-electron chi connectivity index (χ2n) is 12.1. The minimum Gasteiger partial charge on any atom is -0.0622 e. The Bertz CT molecular complexity index is 2570. The van der Waals surface area contributed by atoms with Crippen LogP contribution in [0.4, 0.5) is 0 Å². The number of fused-ring (bicyclic) bond motifs is 4. The van der Waals surface area contributed by atoms with E-state index in [9.17, 15) is 0 Å². The molecule has 0 amide bonds. The van der Waals surface area contributed by atoms with Crippen LogP contribution in [0.1, 0.15) is 0 Å². The fourth-order valence-electron chi connectivity index (χ4n) is 7.24. The summed E-state index contributed by atoms with van der Waals surface area (Å²) < 4.78 is 0. The lowest BCUT2D eigenvalue weighted by Gasteiger charge is -2.21. The third-order valence-electron chi connectivity index (χ3n) is 9.43. The zero-order valence-electron chi connectivity index (χ0n) is 25.3. The lowest BCUT2D eigenvalue weighted by molar-refractivity contribution is 1.62. The molecule has 0 aliphatic heterocycles. The number of benzene rings is 9. The summed E-state index contributed by atoms with van der Waals surface area (Å²) in [6.07, 6.45) is 0. The van der Waals surface area contributed by atoms with Crippen molar-refractivity contribution in [2.24, 2.45) is 0 Å². The molecule has 0 heterocycles. The molecule has 0 bridgehead atoms. The van der Waals surface area contributed by atoms with E-state index in [4.69, 9.17) is 0 Å². The highest BCUT2D eigenvalue weighted by Crippen LogP contribution is 2.47. The Hall–Kier alpha value is -5.98. The first-order valence-electron chi connectivity index (χ1n) is 15.9. The molecule has 0 nitrogen and oxygen atoms in total. The molecule has 0 saturated carbocycles. The average Bonchev–Trinajstić information content (AvgIpc) is 3.13. The second-order valence-corrected chi connectivity index (χ2v) is 12.1. The number of rotatable bonds is 4. The van der Waals surface area contributed by atoms with Gasteiger partial charge >= 0.3 is 0 Å². The summed E-state index contributed by atoms with van der Waals surface area (Å²) in [4.78, 5) is 0. The van der Waals surface area contributed by atoms with Gasteiger partial charge in [0.1, 0.15) is 0 Å². The highest BCUT2D eigenvalue weighted by molar-refractivity contribution is 6.23. The van der Waals surface area contributed by atoms with Crippen molar-refractivity contribution in [3.05, 3.63) is 182 Å². The first-order chi connectivity index (χ1) is 22.8. The predicted octanol–water partition coefficient (Wildman–Crippen LogP) is 13.0. The molecule has 9 aromatic carbocycles. The van der Waals surface area contributed by atoms with Crippen LogP contribution in [0.2, 0.25) is 0 Å². The minimum atomic E-state index is 1.22. The van der Waals surface area contributed by atoms with Crippen molar-refractivity contribution in [2.45, 2.75) is 0 Å². The Labute approximate surface area is 268 Å². The summed E-state index contributed by atoms with van der Waals surface area (Å²) in [7, 11) is 0. The van der Waals surface area contributed by atoms with Crippen molar-refractivity contribution in [2.75, 3.05) is 0 Å². The van der Waals surface area contributed by atoms with Crippen LogP contribution >= 0.6 is 0 Å². The van der Waals surface area contributed by atoms with Gasteiger partial charge in [0, 0.05) is 0 Å². The highest BCUT2D eigenvalue weighted by atomic mass is 14.2. The van der Waals surface area contributed by atoms with E-state index in [2.05, 4.69) is 182 Å². The van der Waals surface area contributed by atoms with Crippen molar-refractivity contribution in [3.8, 4) is 44.5 Å². The van der Waals surface area contributed by atoms with Crippen LogP contribution in [0.5, 0.6) is 0 Å². The van der Waals surface area contributed by atoms with Gasteiger partial charge in [-0.3, -0.25) is 0 Å². The zero-order valence-corrected chi connectivity index (χ0v) is 25.3. The Balaban J connectivity index is 1.39. The normalized spacial score (nSPS) is 11.5. The molecular formula is C46H30. The number of hydrogen-bond acceptors (Lipinski definition) is 0. The highest BCUT2D eigenvalue weighted by Gasteiger charge is 2.20. The Kier molecular flexibility index (Phi) is 6.25. The monoisotopic (exact) mass is 582 g/mol. The van der Waals surface area contributed by atoms with Crippen LogP contribution in [0, 0.1) is 0 Å². The molecule has 9 aromatic rings. The molecule has 0 heteroatoms. The van der Waals surface area contributed by atoms with Crippen LogP contribution in [0.25, 0.3) is 87.6 Å². The van der Waals surface area contributed by atoms with Gasteiger partial charge in [0.05, 0.1) is 0 Å². The quantitative estimate of drug-likeness (QED) is 0.181. The van der Waals surface area contributed by atoms with Crippen LogP contribution < -0.4 is 0 Å². The third-order valence-corrected chi connectivity index (χ3v) is 9.43. The van der Waals surface area contributed by atoms with Crippen LogP contribution in [-0.2, 0) is 0 Å². The van der Waals surface area contributed by atoms with Gasteiger partial charge in [-0.05, 0) is 106 Å². The van der Waals surface area contributed by atoms with Gasteiger partial charge in [0.15, 0.2) is 0 Å². The van der Waals surface area contributed by atoms with Crippen molar-refractivity contribution in [1.29, 1.82) is 0 Å². The lowest BCUT2D eigenvalue weighted by atomic mass is 9.82. The molecule has 46 heavy (non-hydrogen) atoms. The van der Waals surface area contributed by atoms with Gasteiger partial charge in [-0.25, -0.2) is 0 Å². The van der Waals surface area contributed by atoms with E-state index >= 15 is 0 Å². The van der Waals surface area contributed by atoms with Crippen molar-refractivity contribution in [1.82, 2.24) is 0 Å².